The van der Waals surface area contributed by atoms with Crippen LogP contribution in [-0.2, 0) is 11.3 Å². The van der Waals surface area contributed by atoms with E-state index in [9.17, 15) is 9.59 Å². The highest BCUT2D eigenvalue weighted by Gasteiger charge is 2.14. The van der Waals surface area contributed by atoms with Crippen LogP contribution in [0.4, 0.5) is 0 Å². The predicted molar refractivity (Wildman–Crippen MR) is 83.1 cm³/mol. The van der Waals surface area contributed by atoms with Crippen molar-refractivity contribution < 1.29 is 4.79 Å². The van der Waals surface area contributed by atoms with Crippen LogP contribution in [0, 0.1) is 0 Å². The van der Waals surface area contributed by atoms with Gasteiger partial charge < -0.3 is 4.90 Å². The van der Waals surface area contributed by atoms with Crippen molar-refractivity contribution in [3.05, 3.63) is 53.1 Å². The Balaban J connectivity index is 2.27. The summed E-state index contributed by atoms with van der Waals surface area (Å²) < 4.78 is 1.35. The van der Waals surface area contributed by atoms with Gasteiger partial charge in [0.15, 0.2) is 0 Å². The van der Waals surface area contributed by atoms with E-state index in [-0.39, 0.29) is 18.0 Å². The second-order valence-electron chi connectivity index (χ2n) is 5.06. The Hall–Kier alpha value is -2.43. The smallest absolute Gasteiger partial charge is 0.261 e. The van der Waals surface area contributed by atoms with Gasteiger partial charge in [-0.15, -0.1) is 0 Å². The van der Waals surface area contributed by atoms with Gasteiger partial charge in [0.2, 0.25) is 5.91 Å². The summed E-state index contributed by atoms with van der Waals surface area (Å²) in [5, 5.41) is 0.524. The minimum Gasteiger partial charge on any atom is -0.337 e. The van der Waals surface area contributed by atoms with Crippen LogP contribution in [-0.4, -0.2) is 33.4 Å². The minimum atomic E-state index is -0.194. The van der Waals surface area contributed by atoms with E-state index in [1.807, 2.05) is 19.9 Å². The van der Waals surface area contributed by atoms with Crippen LogP contribution in [0.3, 0.4) is 0 Å². The van der Waals surface area contributed by atoms with Crippen LogP contribution in [0.25, 0.3) is 10.9 Å². The minimum absolute atomic E-state index is 0.00219. The van der Waals surface area contributed by atoms with Crippen molar-refractivity contribution in [3.63, 3.8) is 0 Å². The Morgan fingerprint density at radius 2 is 2.10 bits per heavy atom. The Bertz CT molecular complexity index is 734. The highest BCUT2D eigenvalue weighted by molar-refractivity contribution is 5.79. The molecule has 1 amide bonds. The lowest BCUT2D eigenvalue weighted by atomic mass is 10.2. The van der Waals surface area contributed by atoms with E-state index in [2.05, 4.69) is 11.6 Å². The van der Waals surface area contributed by atoms with Crippen LogP contribution < -0.4 is 5.56 Å². The quantitative estimate of drug-likeness (QED) is 0.787. The topological polar surface area (TPSA) is 55.2 Å². The SMILES string of the molecule is C=C(C)CN(CC)C(=O)Cn1cnc2ccccc2c1=O. The zero-order valence-corrected chi connectivity index (χ0v) is 12.4. The lowest BCUT2D eigenvalue weighted by Crippen LogP contribution is -2.37. The molecular weight excluding hydrogens is 266 g/mol. The lowest BCUT2D eigenvalue weighted by Gasteiger charge is -2.21. The summed E-state index contributed by atoms with van der Waals surface area (Å²) in [6, 6.07) is 7.12. The second kappa shape index (κ2) is 6.35. The van der Waals surface area contributed by atoms with Gasteiger partial charge >= 0.3 is 0 Å². The van der Waals surface area contributed by atoms with Crippen molar-refractivity contribution in [2.45, 2.75) is 20.4 Å². The molecule has 0 saturated heterocycles. The number of likely N-dealkylation sites (N-methyl/N-ethyl adjacent to an activating group) is 1. The molecule has 0 saturated carbocycles. The fourth-order valence-corrected chi connectivity index (χ4v) is 2.17. The van der Waals surface area contributed by atoms with Gasteiger partial charge in [-0.05, 0) is 26.0 Å². The summed E-state index contributed by atoms with van der Waals surface area (Å²) in [5.74, 6) is -0.111. The first kappa shape index (κ1) is 15.0. The van der Waals surface area contributed by atoms with Crippen LogP contribution in [0.2, 0.25) is 0 Å². The Morgan fingerprint density at radius 3 is 2.76 bits per heavy atom. The van der Waals surface area contributed by atoms with E-state index < -0.39 is 0 Å². The van der Waals surface area contributed by atoms with Crippen LogP contribution in [0.5, 0.6) is 0 Å². The van der Waals surface area contributed by atoms with Crippen molar-refractivity contribution in [3.8, 4) is 0 Å². The number of amides is 1. The number of benzene rings is 1. The average Bonchev–Trinajstić information content (AvgIpc) is 2.47. The lowest BCUT2D eigenvalue weighted by molar-refractivity contribution is -0.131. The zero-order chi connectivity index (χ0) is 15.4. The molecule has 21 heavy (non-hydrogen) atoms. The molecule has 1 aromatic heterocycles. The van der Waals surface area contributed by atoms with E-state index in [1.54, 1.807) is 23.1 Å². The Labute approximate surface area is 123 Å². The third kappa shape index (κ3) is 3.37. The van der Waals surface area contributed by atoms with Crippen LogP contribution in [0.1, 0.15) is 13.8 Å². The van der Waals surface area contributed by atoms with E-state index in [4.69, 9.17) is 0 Å². The third-order valence-electron chi connectivity index (χ3n) is 3.23. The summed E-state index contributed by atoms with van der Waals surface area (Å²) in [6.45, 7) is 8.68. The number of aromatic nitrogens is 2. The summed E-state index contributed by atoms with van der Waals surface area (Å²) in [5.41, 5.74) is 1.36. The largest absolute Gasteiger partial charge is 0.337 e. The molecule has 2 rings (SSSR count). The molecule has 5 nitrogen and oxygen atoms in total. The average molecular weight is 285 g/mol. The summed E-state index contributed by atoms with van der Waals surface area (Å²) in [7, 11) is 0. The number of carbonyl (C=O) groups excluding carboxylic acids is 1. The monoisotopic (exact) mass is 285 g/mol. The molecule has 0 aliphatic heterocycles. The standard InChI is InChI=1S/C16H19N3O2/c1-4-18(9-12(2)3)15(20)10-19-11-17-14-8-6-5-7-13(14)16(19)21/h5-8,11H,2,4,9-10H2,1,3H3. The summed E-state index contributed by atoms with van der Waals surface area (Å²) >= 11 is 0. The Morgan fingerprint density at radius 1 is 1.38 bits per heavy atom. The van der Waals surface area contributed by atoms with Crippen molar-refractivity contribution in [1.82, 2.24) is 14.5 Å². The number of carbonyl (C=O) groups is 1. The van der Waals surface area contributed by atoms with E-state index in [0.29, 0.717) is 24.0 Å². The number of para-hydroxylation sites is 1. The van der Waals surface area contributed by atoms with Gasteiger partial charge in [-0.1, -0.05) is 24.3 Å². The maximum Gasteiger partial charge on any atom is 0.261 e. The first-order chi connectivity index (χ1) is 10.0. The van der Waals surface area contributed by atoms with E-state index in [1.165, 1.54) is 10.9 Å². The molecule has 1 heterocycles. The number of hydrogen-bond donors (Lipinski definition) is 0. The molecule has 0 unspecified atom stereocenters. The molecule has 0 aliphatic carbocycles. The fraction of sp³-hybridized carbons (Fsp3) is 0.312. The third-order valence-corrected chi connectivity index (χ3v) is 3.23. The number of rotatable bonds is 5. The molecule has 5 heteroatoms. The molecule has 0 atom stereocenters. The highest BCUT2D eigenvalue weighted by Crippen LogP contribution is 2.05. The molecule has 1 aromatic carbocycles. The van der Waals surface area contributed by atoms with Gasteiger partial charge in [-0.25, -0.2) is 4.98 Å². The van der Waals surface area contributed by atoms with Gasteiger partial charge in [0.1, 0.15) is 6.54 Å². The Kier molecular flexibility index (Phi) is 4.52. The van der Waals surface area contributed by atoms with Gasteiger partial charge in [-0.2, -0.15) is 0 Å². The maximum atomic E-state index is 12.3. The molecule has 0 radical (unpaired) electrons. The molecule has 0 bridgehead atoms. The van der Waals surface area contributed by atoms with Gasteiger partial charge in [-0.3, -0.25) is 14.2 Å². The first-order valence-corrected chi connectivity index (χ1v) is 6.89. The molecule has 0 aliphatic rings. The van der Waals surface area contributed by atoms with Gasteiger partial charge in [0.25, 0.3) is 5.56 Å². The number of nitrogens with zero attached hydrogens (tertiary/aromatic N) is 3. The second-order valence-corrected chi connectivity index (χ2v) is 5.06. The number of hydrogen-bond acceptors (Lipinski definition) is 3. The van der Waals surface area contributed by atoms with Crippen molar-refractivity contribution in [2.75, 3.05) is 13.1 Å². The normalized spacial score (nSPS) is 10.6. The van der Waals surface area contributed by atoms with Crippen LogP contribution in [0.15, 0.2) is 47.5 Å². The molecule has 0 fully saturated rings. The maximum absolute atomic E-state index is 12.3. The van der Waals surface area contributed by atoms with Crippen molar-refractivity contribution in [2.24, 2.45) is 0 Å². The predicted octanol–water partition coefficient (Wildman–Crippen LogP) is 1.82. The fourth-order valence-electron chi connectivity index (χ4n) is 2.17. The van der Waals surface area contributed by atoms with Gasteiger partial charge in [0, 0.05) is 13.1 Å². The van der Waals surface area contributed by atoms with Gasteiger partial charge in [0.05, 0.1) is 17.2 Å². The molecule has 2 aromatic rings. The molecule has 0 N–H and O–H groups in total. The van der Waals surface area contributed by atoms with Crippen molar-refractivity contribution >= 4 is 16.8 Å². The van der Waals surface area contributed by atoms with Crippen LogP contribution >= 0.6 is 0 Å². The summed E-state index contributed by atoms with van der Waals surface area (Å²) in [6.07, 6.45) is 1.43. The van der Waals surface area contributed by atoms with E-state index in [0.717, 1.165) is 5.57 Å². The first-order valence-electron chi connectivity index (χ1n) is 6.89. The van der Waals surface area contributed by atoms with E-state index >= 15 is 0 Å². The molecular formula is C16H19N3O2. The summed E-state index contributed by atoms with van der Waals surface area (Å²) in [4.78, 5) is 30.5. The highest BCUT2D eigenvalue weighted by atomic mass is 16.2. The molecule has 110 valence electrons. The zero-order valence-electron chi connectivity index (χ0n) is 12.4. The van der Waals surface area contributed by atoms with Crippen molar-refractivity contribution in [1.29, 1.82) is 0 Å². The molecule has 0 spiro atoms. The number of fused-ring (bicyclic) bond motifs is 1.